The summed E-state index contributed by atoms with van der Waals surface area (Å²) in [6, 6.07) is -1.36. The molecule has 1 unspecified atom stereocenters. The first-order chi connectivity index (χ1) is 14.3. The number of amides is 5. The van der Waals surface area contributed by atoms with Gasteiger partial charge >= 0.3 is 5.97 Å². The summed E-state index contributed by atoms with van der Waals surface area (Å²) in [6.45, 7) is 0.192. The first-order valence-corrected chi connectivity index (χ1v) is 9.34. The van der Waals surface area contributed by atoms with Gasteiger partial charge < -0.3 is 19.9 Å². The molecule has 1 saturated heterocycles. The second-order valence-electron chi connectivity index (χ2n) is 6.46. The van der Waals surface area contributed by atoms with E-state index in [1.807, 2.05) is 0 Å². The minimum Gasteiger partial charge on any atom is -0.480 e. The number of likely N-dealkylation sites (tertiary alicyclic amines) is 1. The van der Waals surface area contributed by atoms with Crippen LogP contribution in [-0.4, -0.2) is 96.0 Å². The normalized spacial score (nSPS) is 17.2. The number of nitrogens with zero attached hydrogens (tertiary/aromatic N) is 2. The molecule has 30 heavy (non-hydrogen) atoms. The van der Waals surface area contributed by atoms with Gasteiger partial charge in [-0.1, -0.05) is 0 Å². The van der Waals surface area contributed by atoms with Crippen LogP contribution in [-0.2, 0) is 38.2 Å². The van der Waals surface area contributed by atoms with Crippen molar-refractivity contribution < 1.29 is 43.3 Å². The van der Waals surface area contributed by atoms with Crippen LogP contribution in [0.5, 0.6) is 0 Å². The summed E-state index contributed by atoms with van der Waals surface area (Å²) < 4.78 is 10.4. The third-order valence-corrected chi connectivity index (χ3v) is 4.37. The monoisotopic (exact) mass is 425 g/mol. The van der Waals surface area contributed by atoms with Gasteiger partial charge in [0.25, 0.3) is 11.8 Å². The number of hydrogen-bond donors (Lipinski definition) is 2. The minimum atomic E-state index is -1.36. The molecule has 2 heterocycles. The molecule has 164 valence electrons. The first-order valence-electron chi connectivity index (χ1n) is 9.34. The Morgan fingerprint density at radius 2 is 1.60 bits per heavy atom. The molecule has 0 bridgehead atoms. The molecule has 2 aliphatic heterocycles. The van der Waals surface area contributed by atoms with Crippen molar-refractivity contribution in [2.24, 2.45) is 0 Å². The molecule has 0 saturated carbocycles. The van der Waals surface area contributed by atoms with Gasteiger partial charge in [0, 0.05) is 44.5 Å². The molecule has 2 rings (SSSR count). The maximum atomic E-state index is 11.7. The van der Waals surface area contributed by atoms with Gasteiger partial charge in [0.1, 0.15) is 0 Å². The smallest absolute Gasteiger partial charge is 0.329 e. The van der Waals surface area contributed by atoms with Crippen molar-refractivity contribution in [1.29, 1.82) is 0 Å². The van der Waals surface area contributed by atoms with Crippen LogP contribution in [0, 0.1) is 0 Å². The van der Waals surface area contributed by atoms with E-state index < -0.39 is 35.6 Å². The van der Waals surface area contributed by atoms with Gasteiger partial charge in [0.05, 0.1) is 26.4 Å². The Morgan fingerprint density at radius 3 is 2.20 bits per heavy atom. The van der Waals surface area contributed by atoms with Gasteiger partial charge in [0.15, 0.2) is 6.04 Å². The van der Waals surface area contributed by atoms with Gasteiger partial charge in [-0.3, -0.25) is 33.8 Å². The maximum Gasteiger partial charge on any atom is 0.329 e. The second kappa shape index (κ2) is 11.2. The average Bonchev–Trinajstić information content (AvgIpc) is 3.19. The van der Waals surface area contributed by atoms with Crippen molar-refractivity contribution in [3.8, 4) is 0 Å². The number of carboxylic acid groups (broad SMARTS) is 1. The number of imide groups is 2. The van der Waals surface area contributed by atoms with Crippen LogP contribution in [0.2, 0.25) is 0 Å². The number of ether oxygens (including phenoxy) is 2. The lowest BCUT2D eigenvalue weighted by Gasteiger charge is -2.22. The van der Waals surface area contributed by atoms with Crippen LogP contribution in [0.3, 0.4) is 0 Å². The topological polar surface area (TPSA) is 160 Å². The van der Waals surface area contributed by atoms with Gasteiger partial charge in [-0.15, -0.1) is 0 Å². The van der Waals surface area contributed by atoms with Crippen molar-refractivity contribution in [3.05, 3.63) is 12.2 Å². The zero-order valence-corrected chi connectivity index (χ0v) is 16.2. The minimum absolute atomic E-state index is 0.00101. The Hall–Kier alpha value is -3.12. The molecule has 0 aliphatic carbocycles. The second-order valence-corrected chi connectivity index (χ2v) is 6.46. The molecule has 0 aromatic rings. The van der Waals surface area contributed by atoms with E-state index in [1.165, 1.54) is 0 Å². The SMILES string of the molecule is O=C(CCN1C(=O)C=CC1=O)NCCOCCOCC(C(=O)O)N1C(=O)CCC1=O. The summed E-state index contributed by atoms with van der Waals surface area (Å²) in [5, 5.41) is 11.8. The molecular weight excluding hydrogens is 402 g/mol. The zero-order valence-electron chi connectivity index (χ0n) is 16.2. The highest BCUT2D eigenvalue weighted by Gasteiger charge is 2.38. The number of aliphatic carboxylic acids is 1. The van der Waals surface area contributed by atoms with Crippen molar-refractivity contribution in [2.75, 3.05) is 39.5 Å². The molecule has 1 atom stereocenters. The Kier molecular flexibility index (Phi) is 8.62. The lowest BCUT2D eigenvalue weighted by molar-refractivity contribution is -0.157. The predicted octanol–water partition coefficient (Wildman–Crippen LogP) is -1.95. The molecule has 5 amide bonds. The molecule has 0 radical (unpaired) electrons. The Bertz CT molecular complexity index is 715. The molecule has 12 nitrogen and oxygen atoms in total. The number of carbonyl (C=O) groups excluding carboxylic acids is 5. The molecule has 2 aliphatic rings. The molecule has 1 fully saturated rings. The third kappa shape index (κ3) is 6.46. The maximum absolute atomic E-state index is 11.7. The summed E-state index contributed by atoms with van der Waals surface area (Å²) in [5.41, 5.74) is 0. The van der Waals surface area contributed by atoms with E-state index in [0.29, 0.717) is 0 Å². The molecule has 12 heteroatoms. The molecular formula is C18H23N3O9. The fourth-order valence-electron chi connectivity index (χ4n) is 2.83. The zero-order chi connectivity index (χ0) is 22.1. The third-order valence-electron chi connectivity index (χ3n) is 4.37. The number of hydrogen-bond acceptors (Lipinski definition) is 8. The number of carbonyl (C=O) groups is 6. The standard InChI is InChI=1S/C18H23N3O9/c22-13(5-7-20-14(23)1-2-15(20)24)19-6-8-29-9-10-30-11-12(18(27)28)21-16(25)3-4-17(21)26/h1-2,12H,3-11H2,(H,19,22)(H,27,28). The highest BCUT2D eigenvalue weighted by atomic mass is 16.5. The van der Waals surface area contributed by atoms with Crippen LogP contribution in [0.25, 0.3) is 0 Å². The van der Waals surface area contributed by atoms with Crippen molar-refractivity contribution in [3.63, 3.8) is 0 Å². The average molecular weight is 425 g/mol. The number of nitrogens with one attached hydrogen (secondary N) is 1. The lowest BCUT2D eigenvalue weighted by atomic mass is 10.3. The van der Waals surface area contributed by atoms with Crippen LogP contribution in [0.1, 0.15) is 19.3 Å². The fraction of sp³-hybridized carbons (Fsp3) is 0.556. The van der Waals surface area contributed by atoms with Crippen molar-refractivity contribution >= 4 is 35.5 Å². The first kappa shape index (κ1) is 23.2. The summed E-state index contributed by atoms with van der Waals surface area (Å²) in [5.74, 6) is -3.61. The number of rotatable bonds is 13. The van der Waals surface area contributed by atoms with E-state index in [-0.39, 0.29) is 64.7 Å². The highest BCUT2D eigenvalue weighted by molar-refractivity contribution is 6.13. The quantitative estimate of drug-likeness (QED) is 0.253. The van der Waals surface area contributed by atoms with E-state index >= 15 is 0 Å². The van der Waals surface area contributed by atoms with Crippen LogP contribution < -0.4 is 5.32 Å². The summed E-state index contributed by atoms with van der Waals surface area (Å²) in [7, 11) is 0. The van der Waals surface area contributed by atoms with Crippen molar-refractivity contribution in [2.45, 2.75) is 25.3 Å². The van der Waals surface area contributed by atoms with Crippen LogP contribution in [0.4, 0.5) is 0 Å². The molecule has 0 aromatic carbocycles. The van der Waals surface area contributed by atoms with E-state index in [2.05, 4.69) is 5.32 Å². The highest BCUT2D eigenvalue weighted by Crippen LogP contribution is 2.16. The summed E-state index contributed by atoms with van der Waals surface area (Å²) in [4.78, 5) is 70.6. The summed E-state index contributed by atoms with van der Waals surface area (Å²) >= 11 is 0. The van der Waals surface area contributed by atoms with E-state index in [0.717, 1.165) is 22.0 Å². The van der Waals surface area contributed by atoms with E-state index in [1.54, 1.807) is 0 Å². The Balaban J connectivity index is 1.52. The predicted molar refractivity (Wildman–Crippen MR) is 97.6 cm³/mol. The number of carboxylic acids is 1. The molecule has 0 spiro atoms. The van der Waals surface area contributed by atoms with Gasteiger partial charge in [-0.25, -0.2) is 4.79 Å². The Labute approximate surface area is 171 Å². The van der Waals surface area contributed by atoms with Gasteiger partial charge in [-0.05, 0) is 0 Å². The van der Waals surface area contributed by atoms with Gasteiger partial charge in [-0.2, -0.15) is 0 Å². The molecule has 0 aromatic heterocycles. The Morgan fingerprint density at radius 1 is 1.00 bits per heavy atom. The van der Waals surface area contributed by atoms with E-state index in [4.69, 9.17) is 9.47 Å². The largest absolute Gasteiger partial charge is 0.480 e. The van der Waals surface area contributed by atoms with E-state index in [9.17, 15) is 33.9 Å². The van der Waals surface area contributed by atoms with Crippen molar-refractivity contribution in [1.82, 2.24) is 15.1 Å². The fourth-order valence-corrected chi connectivity index (χ4v) is 2.83. The van der Waals surface area contributed by atoms with Crippen LogP contribution in [0.15, 0.2) is 12.2 Å². The van der Waals surface area contributed by atoms with Gasteiger partial charge in [0.2, 0.25) is 17.7 Å². The summed E-state index contributed by atoms with van der Waals surface area (Å²) in [6.07, 6.45) is 2.27. The molecule has 2 N–H and O–H groups in total. The van der Waals surface area contributed by atoms with Crippen LogP contribution >= 0.6 is 0 Å². The lowest BCUT2D eigenvalue weighted by Crippen LogP contribution is -2.47.